The number of halogens is 1. The number of amides is 2. The quantitative estimate of drug-likeness (QED) is 0.188. The van der Waals surface area contributed by atoms with Crippen LogP contribution in [0.3, 0.4) is 0 Å². The summed E-state index contributed by atoms with van der Waals surface area (Å²) in [6.45, 7) is 0.0922. The molecule has 12 nitrogen and oxygen atoms in total. The molecule has 4 N–H and O–H groups in total. The summed E-state index contributed by atoms with van der Waals surface area (Å²) in [6, 6.07) is 17.0. The van der Waals surface area contributed by atoms with E-state index in [0.717, 1.165) is 11.3 Å². The van der Waals surface area contributed by atoms with Gasteiger partial charge in [-0.1, -0.05) is 48.9 Å². The molecule has 0 unspecified atom stereocenters. The van der Waals surface area contributed by atoms with Crippen molar-refractivity contribution in [3.8, 4) is 17.4 Å². The summed E-state index contributed by atoms with van der Waals surface area (Å²) < 4.78 is 15.3. The fourth-order valence-corrected chi connectivity index (χ4v) is 2.88. The lowest BCUT2D eigenvalue weighted by Gasteiger charge is -2.16. The summed E-state index contributed by atoms with van der Waals surface area (Å²) in [7, 11) is 1.51. The second-order valence-electron chi connectivity index (χ2n) is 6.78. The average molecular weight is 626 g/mol. The molecule has 0 aliphatic carbocycles. The maximum atomic E-state index is 11.2. The van der Waals surface area contributed by atoms with Gasteiger partial charge in [-0.25, -0.2) is 15.5 Å². The van der Waals surface area contributed by atoms with Crippen LogP contribution in [0.4, 0.5) is 11.6 Å². The van der Waals surface area contributed by atoms with Gasteiger partial charge in [-0.05, 0) is 29.8 Å². The summed E-state index contributed by atoms with van der Waals surface area (Å²) in [5.74, 6) is 2.14. The summed E-state index contributed by atoms with van der Waals surface area (Å²) in [5, 5.41) is 20.8. The number of pyridine rings is 2. The number of ether oxygens (including phenoxy) is 3. The normalized spacial score (nSPS) is 12.5. The SMILES string of the molecule is C.COc1ccc2c(n1)NC(=O)CO2.I.O=C1COc2ccc(/C=C/c3ccccc3)nc2N1.OOO. The van der Waals surface area contributed by atoms with Gasteiger partial charge in [0.05, 0.1) is 12.8 Å². The number of rotatable bonds is 3. The molecule has 2 aliphatic rings. The molecule has 0 spiro atoms. The van der Waals surface area contributed by atoms with Gasteiger partial charge >= 0.3 is 0 Å². The minimum Gasteiger partial charge on any atom is -0.481 e. The van der Waals surface area contributed by atoms with E-state index in [2.05, 4.69) is 25.6 Å². The Hall–Kier alpha value is -3.79. The van der Waals surface area contributed by atoms with E-state index in [-0.39, 0.29) is 56.4 Å². The lowest BCUT2D eigenvalue weighted by molar-refractivity contribution is -0.465. The van der Waals surface area contributed by atoms with E-state index in [0.29, 0.717) is 29.0 Å². The summed E-state index contributed by atoms with van der Waals surface area (Å²) in [5.41, 5.74) is 1.87. The minimum absolute atomic E-state index is 0. The van der Waals surface area contributed by atoms with Gasteiger partial charge in [0, 0.05) is 6.07 Å². The van der Waals surface area contributed by atoms with Gasteiger partial charge in [0.2, 0.25) is 5.88 Å². The van der Waals surface area contributed by atoms with Crippen molar-refractivity contribution < 1.29 is 39.4 Å². The second kappa shape index (κ2) is 16.1. The van der Waals surface area contributed by atoms with Crippen LogP contribution in [0.2, 0.25) is 0 Å². The molecule has 0 saturated carbocycles. The number of nitrogens with zero attached hydrogens (tertiary/aromatic N) is 2. The first-order chi connectivity index (χ1) is 17.0. The predicted octanol–water partition coefficient (Wildman–Crippen LogP) is 4.21. The zero-order valence-corrected chi connectivity index (χ0v) is 21.2. The maximum Gasteiger partial charge on any atom is 0.263 e. The van der Waals surface area contributed by atoms with Crippen molar-refractivity contribution in [2.24, 2.45) is 0 Å². The van der Waals surface area contributed by atoms with Crippen molar-refractivity contribution in [3.63, 3.8) is 0 Å². The van der Waals surface area contributed by atoms with Gasteiger partial charge in [-0.2, -0.15) is 4.98 Å². The van der Waals surface area contributed by atoms with Crippen LogP contribution in [0.5, 0.6) is 17.4 Å². The average Bonchev–Trinajstić information content (AvgIpc) is 2.88. The Morgan fingerprint density at radius 1 is 0.838 bits per heavy atom. The molecule has 1 aromatic carbocycles. The van der Waals surface area contributed by atoms with E-state index < -0.39 is 0 Å². The van der Waals surface area contributed by atoms with Crippen molar-refractivity contribution in [3.05, 3.63) is 65.9 Å². The lowest BCUT2D eigenvalue weighted by Crippen LogP contribution is -2.26. The Morgan fingerprint density at radius 2 is 1.38 bits per heavy atom. The number of carbonyl (C=O) groups is 2. The van der Waals surface area contributed by atoms with Crippen molar-refractivity contribution in [2.45, 2.75) is 7.43 Å². The van der Waals surface area contributed by atoms with Gasteiger partial charge in [-0.15, -0.1) is 24.0 Å². The van der Waals surface area contributed by atoms with Gasteiger partial charge in [0.25, 0.3) is 11.8 Å². The highest BCUT2D eigenvalue weighted by Gasteiger charge is 2.18. The number of aromatic nitrogens is 2. The fourth-order valence-electron chi connectivity index (χ4n) is 2.88. The van der Waals surface area contributed by atoms with Crippen LogP contribution in [0.25, 0.3) is 12.2 Å². The zero-order chi connectivity index (χ0) is 25.0. The number of nitrogens with one attached hydrogen (secondary N) is 2. The molecule has 0 atom stereocenters. The first kappa shape index (κ1) is 31.2. The second-order valence-corrected chi connectivity index (χ2v) is 6.78. The maximum absolute atomic E-state index is 11.2. The Kier molecular flexibility index (Phi) is 13.6. The van der Waals surface area contributed by atoms with Crippen LogP contribution in [0, 0.1) is 0 Å². The number of benzene rings is 1. The molecule has 2 aliphatic heterocycles. The van der Waals surface area contributed by atoms with Crippen LogP contribution >= 0.6 is 24.0 Å². The highest BCUT2D eigenvalue weighted by molar-refractivity contribution is 14.0. The molecule has 2 aromatic heterocycles. The largest absolute Gasteiger partial charge is 0.481 e. The van der Waals surface area contributed by atoms with Gasteiger partial charge in [0.15, 0.2) is 36.3 Å². The highest BCUT2D eigenvalue weighted by atomic mass is 127. The third-order valence-electron chi connectivity index (χ3n) is 4.40. The Labute approximate surface area is 230 Å². The van der Waals surface area contributed by atoms with Crippen LogP contribution in [-0.4, -0.2) is 52.6 Å². The molecule has 0 bridgehead atoms. The van der Waals surface area contributed by atoms with Crippen molar-refractivity contribution in [2.75, 3.05) is 31.0 Å². The van der Waals surface area contributed by atoms with E-state index in [4.69, 9.17) is 24.7 Å². The number of hydrogen-bond acceptors (Lipinski definition) is 10. The molecular weight excluding hydrogens is 599 g/mol. The highest BCUT2D eigenvalue weighted by Crippen LogP contribution is 2.27. The number of hydrogen-bond donors (Lipinski definition) is 4. The lowest BCUT2D eigenvalue weighted by atomic mass is 10.2. The topological polar surface area (TPSA) is 161 Å². The van der Waals surface area contributed by atoms with E-state index in [9.17, 15) is 9.59 Å². The molecule has 0 fully saturated rings. The van der Waals surface area contributed by atoms with Gasteiger partial charge < -0.3 is 24.8 Å². The molecule has 37 heavy (non-hydrogen) atoms. The summed E-state index contributed by atoms with van der Waals surface area (Å²) >= 11 is 0. The zero-order valence-electron chi connectivity index (χ0n) is 18.9. The number of methoxy groups -OCH3 is 1. The van der Waals surface area contributed by atoms with Crippen LogP contribution in [-0.2, 0) is 14.6 Å². The molecule has 3 aromatic rings. The molecule has 2 amide bonds. The molecule has 0 saturated heterocycles. The molecular formula is C24H27IN4O8. The molecule has 13 heteroatoms. The van der Waals surface area contributed by atoms with Gasteiger partial charge in [-0.3, -0.25) is 9.59 Å². The predicted molar refractivity (Wildman–Crippen MR) is 147 cm³/mol. The first-order valence-corrected chi connectivity index (χ1v) is 10.1. The third-order valence-corrected chi connectivity index (χ3v) is 4.40. The van der Waals surface area contributed by atoms with Crippen molar-refractivity contribution >= 4 is 59.6 Å². The van der Waals surface area contributed by atoms with Crippen molar-refractivity contribution in [1.29, 1.82) is 0 Å². The summed E-state index contributed by atoms with van der Waals surface area (Å²) in [4.78, 5) is 30.5. The smallest absolute Gasteiger partial charge is 0.263 e. The Morgan fingerprint density at radius 3 is 1.95 bits per heavy atom. The monoisotopic (exact) mass is 626 g/mol. The van der Waals surface area contributed by atoms with E-state index >= 15 is 0 Å². The first-order valence-electron chi connectivity index (χ1n) is 10.1. The molecule has 5 rings (SSSR count). The van der Waals surface area contributed by atoms with Gasteiger partial charge in [0.1, 0.15) is 0 Å². The van der Waals surface area contributed by atoms with E-state index in [1.807, 2.05) is 54.6 Å². The van der Waals surface area contributed by atoms with Crippen LogP contribution < -0.4 is 24.8 Å². The number of carbonyl (C=O) groups excluding carboxylic acids is 2. The third kappa shape index (κ3) is 9.64. The Balaban J connectivity index is 0.000000335. The standard InChI is InChI=1S/C15H12N2O2.C8H8N2O3.CH4.HI.H2O3/c18-14-10-19-13-9-8-12(16-15(13)17-14)7-6-11-4-2-1-3-5-11;1-12-7-3-2-5-8(10-7)9-6(11)4-13-5;;;1-3-2/h1-9H,10H2,(H,16,17,18);2-3H,4H2,1H3,(H,9,10,11);1H4;1H;1-2H/b7-6+;;;;. The van der Waals surface area contributed by atoms with Crippen LogP contribution in [0.1, 0.15) is 18.7 Å². The molecule has 4 heterocycles. The Bertz CT molecular complexity index is 1190. The summed E-state index contributed by atoms with van der Waals surface area (Å²) in [6.07, 6.45) is 3.87. The number of anilines is 2. The van der Waals surface area contributed by atoms with Crippen LogP contribution in [0.15, 0.2) is 54.6 Å². The minimum atomic E-state index is -0.201. The molecule has 198 valence electrons. The van der Waals surface area contributed by atoms with Crippen molar-refractivity contribution in [1.82, 2.24) is 9.97 Å². The van der Waals surface area contributed by atoms with E-state index in [1.165, 1.54) is 7.11 Å². The fraction of sp³-hybridized carbons (Fsp3) is 0.167. The van der Waals surface area contributed by atoms with E-state index in [1.54, 1.807) is 12.1 Å². The number of fused-ring (bicyclic) bond motifs is 2. The molecule has 0 radical (unpaired) electrons.